The van der Waals surface area contributed by atoms with Gasteiger partial charge in [-0.3, -0.25) is 4.79 Å². The second-order valence-electron chi connectivity index (χ2n) is 5.47. The van der Waals surface area contributed by atoms with Crippen LogP contribution in [0.25, 0.3) is 10.2 Å². The van der Waals surface area contributed by atoms with Crippen molar-refractivity contribution in [3.8, 4) is 5.75 Å². The van der Waals surface area contributed by atoms with E-state index in [9.17, 15) is 17.6 Å². The Morgan fingerprint density at radius 1 is 1.23 bits per heavy atom. The van der Waals surface area contributed by atoms with Crippen molar-refractivity contribution in [2.24, 2.45) is 12.0 Å². The van der Waals surface area contributed by atoms with E-state index in [0.29, 0.717) is 10.6 Å². The highest BCUT2D eigenvalue weighted by Gasteiger charge is 2.19. The summed E-state index contributed by atoms with van der Waals surface area (Å²) in [4.78, 5) is 16.4. The maximum Gasteiger partial charge on any atom is 0.263 e. The first-order chi connectivity index (χ1) is 12.3. The Hall–Kier alpha value is -2.52. The highest BCUT2D eigenvalue weighted by Crippen LogP contribution is 2.26. The molecule has 0 fully saturated rings. The van der Waals surface area contributed by atoms with Crippen LogP contribution < -0.4 is 9.54 Å². The molecule has 0 N–H and O–H groups in total. The van der Waals surface area contributed by atoms with Crippen molar-refractivity contribution in [2.75, 3.05) is 12.9 Å². The minimum atomic E-state index is -3.89. The fourth-order valence-corrected chi connectivity index (χ4v) is 4.63. The van der Waals surface area contributed by atoms with E-state index in [1.54, 1.807) is 24.8 Å². The molecule has 0 aliphatic rings. The summed E-state index contributed by atoms with van der Waals surface area (Å²) in [5.74, 6) is -1.50. The zero-order valence-electron chi connectivity index (χ0n) is 14.0. The lowest BCUT2D eigenvalue weighted by atomic mass is 10.3. The summed E-state index contributed by atoms with van der Waals surface area (Å²) in [5.41, 5.74) is 0.771. The molecule has 0 saturated carbocycles. The minimum Gasteiger partial charge on any atom is -0.495 e. The third kappa shape index (κ3) is 3.54. The maximum atomic E-state index is 12.9. The van der Waals surface area contributed by atoms with Crippen molar-refractivity contribution in [1.29, 1.82) is 0 Å². The lowest BCUT2D eigenvalue weighted by Gasteiger charge is -2.03. The number of methoxy groups -OCH3 is 1. The van der Waals surface area contributed by atoms with Gasteiger partial charge in [-0.2, -0.15) is 4.99 Å². The molecule has 26 heavy (non-hydrogen) atoms. The van der Waals surface area contributed by atoms with Gasteiger partial charge < -0.3 is 9.30 Å². The molecule has 0 aliphatic heterocycles. The average Bonchev–Trinajstić information content (AvgIpc) is 2.90. The molecule has 0 unspecified atom stereocenters. The van der Waals surface area contributed by atoms with E-state index in [0.717, 1.165) is 34.5 Å². The number of aromatic nitrogens is 1. The zero-order valence-corrected chi connectivity index (χ0v) is 15.6. The highest BCUT2D eigenvalue weighted by atomic mass is 32.2. The lowest BCUT2D eigenvalue weighted by molar-refractivity contribution is -0.115. The Labute approximate surface area is 153 Å². The molecule has 3 rings (SSSR count). The van der Waals surface area contributed by atoms with E-state index in [2.05, 4.69) is 4.99 Å². The van der Waals surface area contributed by atoms with Gasteiger partial charge in [-0.25, -0.2) is 12.8 Å². The second kappa shape index (κ2) is 7.00. The maximum absolute atomic E-state index is 12.9. The number of sulfone groups is 1. The molecule has 1 aromatic heterocycles. The molecule has 0 radical (unpaired) electrons. The molecule has 1 heterocycles. The number of rotatable bonds is 4. The van der Waals surface area contributed by atoms with Gasteiger partial charge in [0.05, 0.1) is 16.7 Å². The van der Waals surface area contributed by atoms with Crippen LogP contribution in [0.5, 0.6) is 5.75 Å². The van der Waals surface area contributed by atoms with Crippen molar-refractivity contribution in [1.82, 2.24) is 4.57 Å². The van der Waals surface area contributed by atoms with Crippen molar-refractivity contribution in [3.05, 3.63) is 53.1 Å². The van der Waals surface area contributed by atoms with Crippen LogP contribution in [0.4, 0.5) is 4.39 Å². The van der Waals surface area contributed by atoms with Gasteiger partial charge in [0.25, 0.3) is 5.91 Å². The van der Waals surface area contributed by atoms with Crippen LogP contribution in [0.1, 0.15) is 0 Å². The number of hydrogen-bond donors (Lipinski definition) is 0. The van der Waals surface area contributed by atoms with Gasteiger partial charge in [-0.15, -0.1) is 0 Å². The van der Waals surface area contributed by atoms with E-state index in [1.807, 2.05) is 12.1 Å². The van der Waals surface area contributed by atoms with Crippen LogP contribution in [0.3, 0.4) is 0 Å². The number of halogens is 1. The molecule has 6 nitrogen and oxygen atoms in total. The molecular weight excluding hydrogens is 379 g/mol. The van der Waals surface area contributed by atoms with Crippen LogP contribution in [0.15, 0.2) is 52.4 Å². The molecule has 2 aromatic carbocycles. The van der Waals surface area contributed by atoms with E-state index < -0.39 is 27.3 Å². The standard InChI is InChI=1S/C17H15FN2O4S2/c1-20-16-13(24-2)4-3-5-14(16)25-17(20)19-15(21)10-26(22,23)12-8-6-11(18)7-9-12/h3-9H,10H2,1-2H3. The number of carbonyl (C=O) groups excluding carboxylic acids is 1. The molecular formula is C17H15FN2O4S2. The predicted molar refractivity (Wildman–Crippen MR) is 96.4 cm³/mol. The predicted octanol–water partition coefficient (Wildman–Crippen LogP) is 2.29. The summed E-state index contributed by atoms with van der Waals surface area (Å²) in [6.07, 6.45) is 0. The number of amides is 1. The summed E-state index contributed by atoms with van der Waals surface area (Å²) >= 11 is 1.26. The van der Waals surface area contributed by atoms with Crippen molar-refractivity contribution >= 4 is 37.3 Å². The summed E-state index contributed by atoms with van der Waals surface area (Å²) < 4.78 is 45.3. The van der Waals surface area contributed by atoms with Crippen LogP contribution in [-0.4, -0.2) is 31.8 Å². The molecule has 0 bridgehead atoms. The number of para-hydroxylation sites is 1. The molecule has 1 amide bonds. The zero-order chi connectivity index (χ0) is 18.9. The Morgan fingerprint density at radius 2 is 1.92 bits per heavy atom. The number of benzene rings is 2. The number of aryl methyl sites for hydroxylation is 1. The van der Waals surface area contributed by atoms with Gasteiger partial charge in [0.15, 0.2) is 14.6 Å². The summed E-state index contributed by atoms with van der Waals surface area (Å²) in [5, 5.41) is 0. The fraction of sp³-hybridized carbons (Fsp3) is 0.176. The van der Waals surface area contributed by atoms with Crippen molar-refractivity contribution in [2.45, 2.75) is 4.90 Å². The minimum absolute atomic E-state index is 0.121. The Balaban J connectivity index is 1.95. The van der Waals surface area contributed by atoms with E-state index in [1.165, 1.54) is 11.3 Å². The van der Waals surface area contributed by atoms with Gasteiger partial charge in [-0.1, -0.05) is 17.4 Å². The SMILES string of the molecule is COc1cccc2sc(=NC(=O)CS(=O)(=O)c3ccc(F)cc3)n(C)c12. The molecule has 9 heteroatoms. The summed E-state index contributed by atoms with van der Waals surface area (Å²) in [6, 6.07) is 9.80. The topological polar surface area (TPSA) is 77.7 Å². The van der Waals surface area contributed by atoms with Crippen LogP contribution in [0, 0.1) is 5.82 Å². The molecule has 0 atom stereocenters. The number of carbonyl (C=O) groups is 1. The Morgan fingerprint density at radius 3 is 2.58 bits per heavy atom. The first kappa shape index (κ1) is 18.3. The first-order valence-corrected chi connectivity index (χ1v) is 9.97. The Kier molecular flexibility index (Phi) is 4.92. The summed E-state index contributed by atoms with van der Waals surface area (Å²) in [6.45, 7) is 0. The van der Waals surface area contributed by atoms with E-state index in [4.69, 9.17) is 4.74 Å². The van der Waals surface area contributed by atoms with Gasteiger partial charge in [-0.05, 0) is 36.4 Å². The third-order valence-corrected chi connectivity index (χ3v) is 6.43. The van der Waals surface area contributed by atoms with E-state index >= 15 is 0 Å². The van der Waals surface area contributed by atoms with E-state index in [-0.39, 0.29) is 4.90 Å². The molecule has 136 valence electrons. The van der Waals surface area contributed by atoms with Gasteiger partial charge >= 0.3 is 0 Å². The van der Waals surface area contributed by atoms with Gasteiger partial charge in [0.2, 0.25) is 0 Å². The largest absolute Gasteiger partial charge is 0.495 e. The lowest BCUT2D eigenvalue weighted by Crippen LogP contribution is -2.19. The van der Waals surface area contributed by atoms with Crippen molar-refractivity contribution in [3.63, 3.8) is 0 Å². The highest BCUT2D eigenvalue weighted by molar-refractivity contribution is 7.92. The monoisotopic (exact) mass is 394 g/mol. The summed E-state index contributed by atoms with van der Waals surface area (Å²) in [7, 11) is -0.622. The molecule has 3 aromatic rings. The van der Waals surface area contributed by atoms with Crippen LogP contribution in [0.2, 0.25) is 0 Å². The van der Waals surface area contributed by atoms with Crippen LogP contribution in [-0.2, 0) is 21.7 Å². The molecule has 0 aliphatic carbocycles. The number of hydrogen-bond acceptors (Lipinski definition) is 5. The smallest absolute Gasteiger partial charge is 0.263 e. The average molecular weight is 394 g/mol. The van der Waals surface area contributed by atoms with Gasteiger partial charge in [0, 0.05) is 7.05 Å². The van der Waals surface area contributed by atoms with Crippen molar-refractivity contribution < 1.29 is 22.3 Å². The second-order valence-corrected chi connectivity index (χ2v) is 8.47. The quantitative estimate of drug-likeness (QED) is 0.636. The Bertz CT molecular complexity index is 1150. The number of nitrogens with zero attached hydrogens (tertiary/aromatic N) is 2. The number of ether oxygens (including phenoxy) is 1. The third-order valence-electron chi connectivity index (χ3n) is 3.71. The normalized spacial score (nSPS) is 12.5. The fourth-order valence-electron chi connectivity index (χ4n) is 2.47. The first-order valence-electron chi connectivity index (χ1n) is 7.50. The number of fused-ring (bicyclic) bond motifs is 1. The molecule has 0 saturated heterocycles. The molecule has 0 spiro atoms. The number of thiazole rings is 1. The van der Waals surface area contributed by atoms with Crippen LogP contribution >= 0.6 is 11.3 Å². The van der Waals surface area contributed by atoms with Gasteiger partial charge in [0.1, 0.15) is 22.8 Å².